The molecule has 2 amide bonds. The van der Waals surface area contributed by atoms with Crippen LogP contribution in [0.15, 0.2) is 51.5 Å². The summed E-state index contributed by atoms with van der Waals surface area (Å²) in [4.78, 5) is 25.4. The minimum absolute atomic E-state index is 0.0293. The SMILES string of the molecule is CC1=C(C#N)C(=O)N(C)C(=O)/C1=C/c1ccc(-c2ccc(I)c(C)c2)o1. The van der Waals surface area contributed by atoms with Gasteiger partial charge in [0, 0.05) is 21.8 Å². The number of imide groups is 1. The van der Waals surface area contributed by atoms with Gasteiger partial charge in [-0.25, -0.2) is 0 Å². The number of hydrogen-bond donors (Lipinski definition) is 0. The zero-order valence-electron chi connectivity index (χ0n) is 14.5. The lowest BCUT2D eigenvalue weighted by Crippen LogP contribution is -2.39. The summed E-state index contributed by atoms with van der Waals surface area (Å²) in [7, 11) is 1.37. The van der Waals surface area contributed by atoms with Crippen LogP contribution in [0.25, 0.3) is 17.4 Å². The molecule has 3 rings (SSSR count). The third kappa shape index (κ3) is 3.10. The van der Waals surface area contributed by atoms with Gasteiger partial charge in [0.15, 0.2) is 0 Å². The van der Waals surface area contributed by atoms with E-state index in [0.29, 0.717) is 17.1 Å². The van der Waals surface area contributed by atoms with E-state index < -0.39 is 11.8 Å². The first-order valence-electron chi connectivity index (χ1n) is 7.85. The van der Waals surface area contributed by atoms with Gasteiger partial charge in [-0.05, 0) is 77.9 Å². The Hall–Kier alpha value is -2.66. The van der Waals surface area contributed by atoms with Crippen molar-refractivity contribution in [1.29, 1.82) is 5.26 Å². The lowest BCUT2D eigenvalue weighted by atomic mass is 9.95. The molecule has 2 aromatic rings. The minimum Gasteiger partial charge on any atom is -0.457 e. The predicted molar refractivity (Wildman–Crippen MR) is 106 cm³/mol. The molecule has 1 aliphatic heterocycles. The van der Waals surface area contributed by atoms with E-state index in [0.717, 1.165) is 16.0 Å². The average Bonchev–Trinajstić information content (AvgIpc) is 3.08. The molecule has 130 valence electrons. The number of carbonyl (C=O) groups excluding carboxylic acids is 2. The number of furan rings is 1. The number of likely N-dealkylation sites (N-methyl/N-ethyl adjacent to an activating group) is 1. The van der Waals surface area contributed by atoms with Crippen LogP contribution < -0.4 is 0 Å². The number of carbonyl (C=O) groups is 2. The first-order chi connectivity index (χ1) is 12.3. The quantitative estimate of drug-likeness (QED) is 0.386. The molecule has 0 aliphatic carbocycles. The summed E-state index contributed by atoms with van der Waals surface area (Å²) in [5.74, 6) is 0.140. The molecule has 0 spiro atoms. The second kappa shape index (κ2) is 6.92. The van der Waals surface area contributed by atoms with Gasteiger partial charge < -0.3 is 4.42 Å². The number of benzene rings is 1. The summed E-state index contributed by atoms with van der Waals surface area (Å²) >= 11 is 2.27. The summed E-state index contributed by atoms with van der Waals surface area (Å²) < 4.78 is 7.03. The summed E-state index contributed by atoms with van der Waals surface area (Å²) in [6.45, 7) is 3.63. The fourth-order valence-corrected chi connectivity index (χ4v) is 3.06. The molecular formula is C20H15IN2O3. The lowest BCUT2D eigenvalue weighted by Gasteiger charge is -2.23. The molecule has 5 nitrogen and oxygen atoms in total. The molecule has 0 radical (unpaired) electrons. The molecule has 1 aliphatic rings. The largest absolute Gasteiger partial charge is 0.457 e. The summed E-state index contributed by atoms with van der Waals surface area (Å²) in [5, 5.41) is 9.20. The van der Waals surface area contributed by atoms with Crippen molar-refractivity contribution < 1.29 is 14.0 Å². The number of halogens is 1. The lowest BCUT2D eigenvalue weighted by molar-refractivity contribution is -0.138. The van der Waals surface area contributed by atoms with E-state index in [1.54, 1.807) is 19.1 Å². The summed E-state index contributed by atoms with van der Waals surface area (Å²) in [6, 6.07) is 11.5. The van der Waals surface area contributed by atoms with Crippen molar-refractivity contribution in [3.63, 3.8) is 0 Å². The van der Waals surface area contributed by atoms with Crippen molar-refractivity contribution in [3.05, 3.63) is 61.9 Å². The zero-order chi connectivity index (χ0) is 19.0. The van der Waals surface area contributed by atoms with E-state index in [2.05, 4.69) is 22.6 Å². The van der Waals surface area contributed by atoms with Gasteiger partial charge in [-0.2, -0.15) is 5.26 Å². The van der Waals surface area contributed by atoms with E-state index >= 15 is 0 Å². The Morgan fingerprint density at radius 1 is 1.15 bits per heavy atom. The molecule has 26 heavy (non-hydrogen) atoms. The number of nitriles is 1. The van der Waals surface area contributed by atoms with Gasteiger partial charge in [0.25, 0.3) is 11.8 Å². The highest BCUT2D eigenvalue weighted by atomic mass is 127. The van der Waals surface area contributed by atoms with Crippen molar-refractivity contribution in [2.45, 2.75) is 13.8 Å². The number of amides is 2. The van der Waals surface area contributed by atoms with Crippen LogP contribution >= 0.6 is 22.6 Å². The Morgan fingerprint density at radius 3 is 2.54 bits per heavy atom. The normalized spacial score (nSPS) is 16.4. The summed E-state index contributed by atoms with van der Waals surface area (Å²) in [6.07, 6.45) is 1.57. The molecule has 0 unspecified atom stereocenters. The van der Waals surface area contributed by atoms with Crippen LogP contribution in [-0.2, 0) is 9.59 Å². The van der Waals surface area contributed by atoms with Crippen LogP contribution in [0.2, 0.25) is 0 Å². The molecule has 0 atom stereocenters. The second-order valence-electron chi connectivity index (χ2n) is 6.01. The Bertz CT molecular complexity index is 1040. The molecule has 0 saturated carbocycles. The van der Waals surface area contributed by atoms with Gasteiger partial charge in [0.2, 0.25) is 0 Å². The van der Waals surface area contributed by atoms with Crippen molar-refractivity contribution >= 4 is 40.5 Å². The maximum atomic E-state index is 12.4. The smallest absolute Gasteiger partial charge is 0.271 e. The number of nitrogens with zero attached hydrogens (tertiary/aromatic N) is 2. The molecule has 0 bridgehead atoms. The molecule has 6 heteroatoms. The van der Waals surface area contributed by atoms with Crippen molar-refractivity contribution in [1.82, 2.24) is 4.90 Å². The highest BCUT2D eigenvalue weighted by Crippen LogP contribution is 2.29. The molecule has 2 heterocycles. The van der Waals surface area contributed by atoms with Gasteiger partial charge >= 0.3 is 0 Å². The Kier molecular flexibility index (Phi) is 4.83. The maximum absolute atomic E-state index is 12.4. The van der Waals surface area contributed by atoms with Crippen LogP contribution in [0.5, 0.6) is 0 Å². The van der Waals surface area contributed by atoms with Gasteiger partial charge in [0.1, 0.15) is 23.2 Å². The molecule has 0 fully saturated rings. The second-order valence-corrected chi connectivity index (χ2v) is 7.17. The van der Waals surface area contributed by atoms with E-state index in [9.17, 15) is 14.9 Å². The van der Waals surface area contributed by atoms with E-state index in [4.69, 9.17) is 4.42 Å². The number of rotatable bonds is 2. The number of aryl methyl sites for hydroxylation is 1. The van der Waals surface area contributed by atoms with Gasteiger partial charge in [-0.3, -0.25) is 14.5 Å². The van der Waals surface area contributed by atoms with E-state index in [1.807, 2.05) is 37.3 Å². The Labute approximate surface area is 164 Å². The van der Waals surface area contributed by atoms with Crippen LogP contribution in [0.3, 0.4) is 0 Å². The fourth-order valence-electron chi connectivity index (χ4n) is 2.72. The van der Waals surface area contributed by atoms with Crippen LogP contribution in [0.4, 0.5) is 0 Å². The molecule has 1 aromatic heterocycles. The molecule has 0 saturated heterocycles. The van der Waals surface area contributed by atoms with Crippen LogP contribution in [0, 0.1) is 21.8 Å². The maximum Gasteiger partial charge on any atom is 0.271 e. The molecule has 1 aromatic carbocycles. The predicted octanol–water partition coefficient (Wildman–Crippen LogP) is 4.08. The third-order valence-corrected chi connectivity index (χ3v) is 5.51. The number of hydrogen-bond acceptors (Lipinski definition) is 4. The van der Waals surface area contributed by atoms with Gasteiger partial charge in [-0.15, -0.1) is 0 Å². The minimum atomic E-state index is -0.582. The molecular weight excluding hydrogens is 443 g/mol. The van der Waals surface area contributed by atoms with Crippen molar-refractivity contribution in [2.75, 3.05) is 7.05 Å². The standard InChI is InChI=1S/C20H15IN2O3/c1-11-8-13(4-6-17(11)21)18-7-5-14(26-18)9-15-12(2)16(10-22)20(25)23(3)19(15)24/h4-9H,1-3H3/b15-9+. The monoisotopic (exact) mass is 458 g/mol. The Balaban J connectivity index is 2.03. The average molecular weight is 458 g/mol. The van der Waals surface area contributed by atoms with Crippen molar-refractivity contribution in [2.24, 2.45) is 0 Å². The Morgan fingerprint density at radius 2 is 1.88 bits per heavy atom. The van der Waals surface area contributed by atoms with E-state index in [-0.39, 0.29) is 11.1 Å². The fraction of sp³-hybridized carbons (Fsp3) is 0.150. The first kappa shape index (κ1) is 18.1. The highest BCUT2D eigenvalue weighted by Gasteiger charge is 2.33. The van der Waals surface area contributed by atoms with Crippen molar-refractivity contribution in [3.8, 4) is 17.4 Å². The highest BCUT2D eigenvalue weighted by molar-refractivity contribution is 14.1. The molecule has 0 N–H and O–H groups in total. The zero-order valence-corrected chi connectivity index (χ0v) is 16.6. The third-order valence-electron chi connectivity index (χ3n) is 4.30. The van der Waals surface area contributed by atoms with E-state index in [1.165, 1.54) is 10.6 Å². The van der Waals surface area contributed by atoms with Gasteiger partial charge in [-0.1, -0.05) is 6.07 Å². The summed E-state index contributed by atoms with van der Waals surface area (Å²) in [5.41, 5.74) is 2.71. The van der Waals surface area contributed by atoms with Crippen LogP contribution in [-0.4, -0.2) is 23.8 Å². The topological polar surface area (TPSA) is 74.3 Å². The van der Waals surface area contributed by atoms with Gasteiger partial charge in [0.05, 0.1) is 0 Å². The van der Waals surface area contributed by atoms with Crippen LogP contribution in [0.1, 0.15) is 18.2 Å². The first-order valence-corrected chi connectivity index (χ1v) is 8.93.